The predicted molar refractivity (Wildman–Crippen MR) is 68.0 cm³/mol. The zero-order valence-electron chi connectivity index (χ0n) is 11.6. The molecule has 0 spiro atoms. The molecule has 0 aromatic rings. The maximum atomic E-state index is 11.8. The van der Waals surface area contributed by atoms with E-state index in [1.54, 1.807) is 0 Å². The van der Waals surface area contributed by atoms with Crippen molar-refractivity contribution in [1.82, 2.24) is 10.2 Å². The Bertz CT molecular complexity index is 387. The van der Waals surface area contributed by atoms with Gasteiger partial charge in [0.1, 0.15) is 6.54 Å². The Morgan fingerprint density at radius 1 is 1.21 bits per heavy atom. The van der Waals surface area contributed by atoms with E-state index < -0.39 is 11.9 Å². The lowest BCUT2D eigenvalue weighted by molar-refractivity contribution is -0.150. The Kier molecular flexibility index (Phi) is 5.20. The second-order valence-corrected chi connectivity index (χ2v) is 5.13. The summed E-state index contributed by atoms with van der Waals surface area (Å²) in [4.78, 5) is 47.3. The van der Waals surface area contributed by atoms with Crippen molar-refractivity contribution in [2.24, 2.45) is 5.92 Å². The molecule has 1 aliphatic rings. The third-order valence-electron chi connectivity index (χ3n) is 3.11. The minimum Gasteiger partial charge on any atom is -0.344 e. The molecule has 1 saturated heterocycles. The number of likely N-dealkylation sites (tertiary alicyclic amines) is 1. The van der Waals surface area contributed by atoms with Gasteiger partial charge in [0, 0.05) is 12.8 Å². The summed E-state index contributed by atoms with van der Waals surface area (Å²) >= 11 is 0. The lowest BCUT2D eigenvalue weighted by Crippen LogP contribution is -2.50. The van der Waals surface area contributed by atoms with Crippen LogP contribution in [0.15, 0.2) is 0 Å². The Morgan fingerprint density at radius 3 is 2.16 bits per heavy atom. The van der Waals surface area contributed by atoms with Crippen LogP contribution in [0.25, 0.3) is 0 Å². The number of carbonyl (C=O) groups excluding carboxylic acids is 4. The average molecular weight is 268 g/mol. The minimum absolute atomic E-state index is 0.0331. The van der Waals surface area contributed by atoms with Crippen LogP contribution in [0.2, 0.25) is 0 Å². The van der Waals surface area contributed by atoms with E-state index in [0.29, 0.717) is 19.3 Å². The smallest absolute Gasteiger partial charge is 0.240 e. The normalized spacial score (nSPS) is 17.6. The first kappa shape index (κ1) is 15.3. The molecule has 0 saturated carbocycles. The molecule has 1 unspecified atom stereocenters. The van der Waals surface area contributed by atoms with Crippen molar-refractivity contribution in [2.75, 3.05) is 6.54 Å². The molecule has 19 heavy (non-hydrogen) atoms. The number of rotatable bonds is 5. The van der Waals surface area contributed by atoms with Crippen molar-refractivity contribution in [1.29, 1.82) is 0 Å². The third-order valence-corrected chi connectivity index (χ3v) is 3.11. The summed E-state index contributed by atoms with van der Waals surface area (Å²) in [6.45, 7) is 4.75. The second-order valence-electron chi connectivity index (χ2n) is 5.13. The first-order valence-electron chi connectivity index (χ1n) is 6.46. The van der Waals surface area contributed by atoms with E-state index in [0.717, 1.165) is 4.90 Å². The number of nitrogens with one attached hydrogen (secondary N) is 1. The zero-order chi connectivity index (χ0) is 14.6. The van der Waals surface area contributed by atoms with Crippen LogP contribution < -0.4 is 5.32 Å². The van der Waals surface area contributed by atoms with Gasteiger partial charge in [-0.1, -0.05) is 13.8 Å². The van der Waals surface area contributed by atoms with Gasteiger partial charge < -0.3 is 5.32 Å². The number of amides is 3. The fourth-order valence-corrected chi connectivity index (χ4v) is 2.08. The number of piperidine rings is 1. The van der Waals surface area contributed by atoms with Gasteiger partial charge in [0.2, 0.25) is 17.7 Å². The van der Waals surface area contributed by atoms with Crippen molar-refractivity contribution in [2.45, 2.75) is 46.1 Å². The first-order valence-corrected chi connectivity index (χ1v) is 6.46. The van der Waals surface area contributed by atoms with Crippen LogP contribution in [0.5, 0.6) is 0 Å². The standard InChI is InChI=1S/C13H20N2O4/c1-8(2)13(9(3)16)14-10(17)7-15-11(18)5-4-6-12(15)19/h8,13H,4-7H2,1-3H3,(H,14,17). The van der Waals surface area contributed by atoms with Crippen LogP contribution in [0.3, 0.4) is 0 Å². The molecule has 6 nitrogen and oxygen atoms in total. The number of nitrogens with zero attached hydrogens (tertiary/aromatic N) is 1. The van der Waals surface area contributed by atoms with Gasteiger partial charge in [-0.3, -0.25) is 24.1 Å². The third kappa shape index (κ3) is 4.15. The molecule has 0 radical (unpaired) electrons. The molecule has 1 aliphatic heterocycles. The molecule has 0 aromatic carbocycles. The molecule has 1 N–H and O–H groups in total. The average Bonchev–Trinajstić information content (AvgIpc) is 2.30. The summed E-state index contributed by atoms with van der Waals surface area (Å²) in [5.74, 6) is -1.29. The van der Waals surface area contributed by atoms with Gasteiger partial charge in [-0.15, -0.1) is 0 Å². The molecule has 1 atom stereocenters. The van der Waals surface area contributed by atoms with Gasteiger partial charge in [-0.05, 0) is 19.3 Å². The summed E-state index contributed by atoms with van der Waals surface area (Å²) in [5, 5.41) is 2.57. The molecule has 1 fully saturated rings. The van der Waals surface area contributed by atoms with Gasteiger partial charge in [-0.25, -0.2) is 0 Å². The molecule has 106 valence electrons. The summed E-state index contributed by atoms with van der Waals surface area (Å²) in [6.07, 6.45) is 1.12. The van der Waals surface area contributed by atoms with Crippen molar-refractivity contribution >= 4 is 23.5 Å². The van der Waals surface area contributed by atoms with Crippen LogP contribution in [-0.2, 0) is 19.2 Å². The number of carbonyl (C=O) groups is 4. The fourth-order valence-electron chi connectivity index (χ4n) is 2.08. The highest BCUT2D eigenvalue weighted by Gasteiger charge is 2.29. The highest BCUT2D eigenvalue weighted by atomic mass is 16.2. The highest BCUT2D eigenvalue weighted by molar-refractivity contribution is 6.01. The minimum atomic E-state index is -0.581. The lowest BCUT2D eigenvalue weighted by Gasteiger charge is -2.26. The number of ketones is 1. The molecule has 6 heteroatoms. The number of imide groups is 1. The molecular formula is C13H20N2O4. The molecule has 3 amide bonds. The summed E-state index contributed by atoms with van der Waals surface area (Å²) < 4.78 is 0. The van der Waals surface area contributed by atoms with Gasteiger partial charge in [0.05, 0.1) is 6.04 Å². The molecule has 0 aliphatic carbocycles. The predicted octanol–water partition coefficient (Wildman–Crippen LogP) is 0.255. The van der Waals surface area contributed by atoms with E-state index in [1.807, 2.05) is 13.8 Å². The molecular weight excluding hydrogens is 248 g/mol. The molecule has 0 bridgehead atoms. The largest absolute Gasteiger partial charge is 0.344 e. The van der Waals surface area contributed by atoms with Crippen molar-refractivity contribution < 1.29 is 19.2 Å². The van der Waals surface area contributed by atoms with E-state index in [4.69, 9.17) is 0 Å². The van der Waals surface area contributed by atoms with E-state index in [2.05, 4.69) is 5.32 Å². The maximum Gasteiger partial charge on any atom is 0.240 e. The number of Topliss-reactive ketones (excluding diaryl/α,β-unsaturated/α-hetero) is 1. The van der Waals surface area contributed by atoms with E-state index >= 15 is 0 Å². The molecule has 0 aromatic heterocycles. The van der Waals surface area contributed by atoms with Crippen LogP contribution >= 0.6 is 0 Å². The fraction of sp³-hybridized carbons (Fsp3) is 0.692. The number of hydrogen-bond donors (Lipinski definition) is 1. The van der Waals surface area contributed by atoms with Gasteiger partial charge in [-0.2, -0.15) is 0 Å². The van der Waals surface area contributed by atoms with Crippen LogP contribution in [0, 0.1) is 5.92 Å². The second kappa shape index (κ2) is 6.45. The Balaban J connectivity index is 2.61. The van der Waals surface area contributed by atoms with Crippen LogP contribution in [0.4, 0.5) is 0 Å². The quantitative estimate of drug-likeness (QED) is 0.725. The monoisotopic (exact) mass is 268 g/mol. The Hall–Kier alpha value is -1.72. The number of hydrogen-bond acceptors (Lipinski definition) is 4. The Morgan fingerprint density at radius 2 is 1.74 bits per heavy atom. The van der Waals surface area contributed by atoms with Gasteiger partial charge in [0.15, 0.2) is 5.78 Å². The van der Waals surface area contributed by atoms with Gasteiger partial charge in [0.25, 0.3) is 0 Å². The highest BCUT2D eigenvalue weighted by Crippen LogP contribution is 2.12. The van der Waals surface area contributed by atoms with Crippen molar-refractivity contribution in [3.63, 3.8) is 0 Å². The Labute approximate surface area is 112 Å². The van der Waals surface area contributed by atoms with Crippen LogP contribution in [0.1, 0.15) is 40.0 Å². The van der Waals surface area contributed by atoms with Crippen molar-refractivity contribution in [3.8, 4) is 0 Å². The van der Waals surface area contributed by atoms with E-state index in [9.17, 15) is 19.2 Å². The van der Waals surface area contributed by atoms with E-state index in [1.165, 1.54) is 6.92 Å². The molecule has 1 heterocycles. The lowest BCUT2D eigenvalue weighted by atomic mass is 10.0. The molecule has 1 rings (SSSR count). The topological polar surface area (TPSA) is 83.6 Å². The summed E-state index contributed by atoms with van der Waals surface area (Å²) in [7, 11) is 0. The van der Waals surface area contributed by atoms with Crippen LogP contribution in [-0.4, -0.2) is 41.0 Å². The van der Waals surface area contributed by atoms with Gasteiger partial charge >= 0.3 is 0 Å². The summed E-state index contributed by atoms with van der Waals surface area (Å²) in [5.41, 5.74) is 0. The van der Waals surface area contributed by atoms with E-state index in [-0.39, 0.29) is 30.1 Å². The first-order chi connectivity index (χ1) is 8.82. The SMILES string of the molecule is CC(=O)C(NC(=O)CN1C(=O)CCCC1=O)C(C)C. The maximum absolute atomic E-state index is 11.8. The van der Waals surface area contributed by atoms with Crippen molar-refractivity contribution in [3.05, 3.63) is 0 Å². The summed E-state index contributed by atoms with van der Waals surface area (Å²) in [6, 6.07) is -0.581. The zero-order valence-corrected chi connectivity index (χ0v) is 11.6.